The summed E-state index contributed by atoms with van der Waals surface area (Å²) in [7, 11) is 1.34. The van der Waals surface area contributed by atoms with Crippen molar-refractivity contribution in [2.75, 3.05) is 7.11 Å². The van der Waals surface area contributed by atoms with Crippen LogP contribution in [0.25, 0.3) is 0 Å². The Kier molecular flexibility index (Phi) is 6.98. The third-order valence-corrected chi connectivity index (χ3v) is 9.56. The van der Waals surface area contributed by atoms with E-state index >= 15 is 0 Å². The van der Waals surface area contributed by atoms with Gasteiger partial charge in [-0.2, -0.15) is 0 Å². The molecule has 1 fully saturated rings. The molecule has 0 radical (unpaired) electrons. The minimum absolute atomic E-state index is 0.0297. The molecule has 0 amide bonds. The monoisotopic (exact) mass is 578 g/mol. The second-order valence-electron chi connectivity index (χ2n) is 12.0. The van der Waals surface area contributed by atoms with Gasteiger partial charge in [-0.05, 0) is 81.1 Å². The summed E-state index contributed by atoms with van der Waals surface area (Å²) in [5.41, 5.74) is 11.6. The number of aliphatic hydroxyl groups excluding tert-OH is 1. The fourth-order valence-electron chi connectivity index (χ4n) is 7.25. The Bertz CT molecular complexity index is 1760. The van der Waals surface area contributed by atoms with Crippen LogP contribution in [-0.2, 0) is 14.3 Å². The number of ketones is 1. The molecule has 43 heavy (non-hydrogen) atoms. The van der Waals surface area contributed by atoms with Crippen molar-refractivity contribution in [1.82, 2.24) is 5.32 Å². The number of carbonyl (C=O) groups is 2. The van der Waals surface area contributed by atoms with Crippen LogP contribution in [0.1, 0.15) is 67.7 Å². The zero-order chi connectivity index (χ0) is 30.9. The van der Waals surface area contributed by atoms with Crippen molar-refractivity contribution >= 4 is 28.9 Å². The summed E-state index contributed by atoms with van der Waals surface area (Å²) in [4.78, 5) is 41.2. The van der Waals surface area contributed by atoms with Gasteiger partial charge in [0.05, 0.1) is 41.3 Å². The number of aliphatic imine (C=N–C) groups is 3. The van der Waals surface area contributed by atoms with Crippen molar-refractivity contribution in [3.8, 4) is 0 Å². The number of methoxy groups -OCH3 is 1. The maximum Gasteiger partial charge on any atom is 0.321 e. The number of nitrogens with zero attached hydrogens (tertiary/aromatic N) is 3. The van der Waals surface area contributed by atoms with E-state index in [0.29, 0.717) is 33.8 Å². The van der Waals surface area contributed by atoms with Crippen LogP contribution in [0, 0.1) is 17.8 Å². The van der Waals surface area contributed by atoms with Crippen LogP contribution in [0.4, 0.5) is 0 Å². The van der Waals surface area contributed by atoms with E-state index in [1.54, 1.807) is 6.92 Å². The smallest absolute Gasteiger partial charge is 0.321 e. The zero-order valence-corrected chi connectivity index (χ0v) is 26.1. The highest BCUT2D eigenvalue weighted by atomic mass is 16.5. The van der Waals surface area contributed by atoms with Crippen LogP contribution in [0.2, 0.25) is 0 Å². The Balaban J connectivity index is 1.69. The van der Waals surface area contributed by atoms with E-state index in [4.69, 9.17) is 19.7 Å². The molecule has 8 bridgehead atoms. The van der Waals surface area contributed by atoms with Gasteiger partial charge in [0.2, 0.25) is 0 Å². The normalized spacial score (nSPS) is 26.1. The summed E-state index contributed by atoms with van der Waals surface area (Å²) in [6, 6.07) is 0. The van der Waals surface area contributed by atoms with Crippen molar-refractivity contribution in [2.45, 2.75) is 67.7 Å². The summed E-state index contributed by atoms with van der Waals surface area (Å²) in [5, 5.41) is 15.2. The summed E-state index contributed by atoms with van der Waals surface area (Å²) in [5.74, 6) is -1.44. The number of hydrogen-bond acceptors (Lipinski definition) is 8. The third-order valence-electron chi connectivity index (χ3n) is 9.56. The van der Waals surface area contributed by atoms with Gasteiger partial charge >= 0.3 is 5.97 Å². The van der Waals surface area contributed by atoms with Gasteiger partial charge in [-0.15, -0.1) is 0 Å². The van der Waals surface area contributed by atoms with Crippen LogP contribution in [0.15, 0.2) is 106 Å². The topological polar surface area (TPSA) is 113 Å². The minimum Gasteiger partial charge on any atom is -0.510 e. The highest BCUT2D eigenvalue weighted by molar-refractivity contribution is 6.24. The molecule has 1 unspecified atom stereocenters. The Labute approximate surface area is 252 Å². The lowest BCUT2D eigenvalue weighted by Gasteiger charge is -2.20. The van der Waals surface area contributed by atoms with Crippen molar-refractivity contribution in [3.63, 3.8) is 0 Å². The number of fused-ring (bicyclic) bond motifs is 5. The molecule has 6 rings (SSSR count). The fraction of sp³-hybridized carbons (Fsp3) is 0.400. The van der Waals surface area contributed by atoms with Crippen molar-refractivity contribution in [1.29, 1.82) is 0 Å². The summed E-state index contributed by atoms with van der Waals surface area (Å²) >= 11 is 0. The van der Waals surface area contributed by atoms with E-state index in [1.165, 1.54) is 7.11 Å². The van der Waals surface area contributed by atoms with E-state index in [2.05, 4.69) is 26.1 Å². The van der Waals surface area contributed by atoms with Crippen molar-refractivity contribution in [3.05, 3.63) is 91.5 Å². The largest absolute Gasteiger partial charge is 0.510 e. The molecule has 5 aliphatic heterocycles. The highest BCUT2D eigenvalue weighted by Crippen LogP contribution is 2.49. The molecule has 1 aliphatic carbocycles. The van der Waals surface area contributed by atoms with E-state index in [1.807, 2.05) is 39.0 Å². The van der Waals surface area contributed by atoms with Gasteiger partial charge in [-0.3, -0.25) is 9.59 Å². The summed E-state index contributed by atoms with van der Waals surface area (Å²) in [6.45, 7) is 13.9. The number of rotatable bonds is 5. The van der Waals surface area contributed by atoms with E-state index in [9.17, 15) is 14.7 Å². The summed E-state index contributed by atoms with van der Waals surface area (Å²) < 4.78 is 5.21. The van der Waals surface area contributed by atoms with Gasteiger partial charge in [0.25, 0.3) is 0 Å². The molecular formula is C35H38N4O4. The molecule has 2 N–H and O–H groups in total. The number of allylic oxidation sites excluding steroid dienone is 11. The molecule has 0 spiro atoms. The predicted octanol–water partition coefficient (Wildman–Crippen LogP) is 6.45. The Morgan fingerprint density at radius 1 is 0.977 bits per heavy atom. The van der Waals surface area contributed by atoms with Gasteiger partial charge in [0, 0.05) is 39.9 Å². The molecule has 6 aliphatic rings. The third kappa shape index (κ3) is 4.21. The van der Waals surface area contributed by atoms with E-state index < -0.39 is 11.9 Å². The van der Waals surface area contributed by atoms with Gasteiger partial charge in [-0.25, -0.2) is 15.0 Å². The van der Waals surface area contributed by atoms with Crippen LogP contribution < -0.4 is 5.32 Å². The lowest BCUT2D eigenvalue weighted by atomic mass is 9.84. The molecule has 0 aromatic rings. The number of nitrogens with one attached hydrogen (secondary N) is 1. The lowest BCUT2D eigenvalue weighted by Crippen LogP contribution is -2.24. The van der Waals surface area contributed by atoms with Crippen molar-refractivity contribution < 1.29 is 19.4 Å². The molecule has 3 atom stereocenters. The number of hydrogen-bond donors (Lipinski definition) is 2. The first-order valence-electron chi connectivity index (χ1n) is 15.1. The number of esters is 1. The molecule has 8 heteroatoms. The number of ether oxygens (including phenoxy) is 1. The molecule has 5 heterocycles. The van der Waals surface area contributed by atoms with Crippen LogP contribution in [0.3, 0.4) is 0 Å². The van der Waals surface area contributed by atoms with E-state index in [0.717, 1.165) is 70.1 Å². The first kappa shape index (κ1) is 28.8. The highest BCUT2D eigenvalue weighted by Gasteiger charge is 2.48. The molecule has 1 saturated heterocycles. The van der Waals surface area contributed by atoms with Gasteiger partial charge in [0.15, 0.2) is 5.78 Å². The standard InChI is InChI=1S/C35H38N4O4/c1-9-11-21-16(4)23-12-24-17(5)28(19(7)40)27(37-24)14-22-15(3)20(10-2)26(36-22)13-25-18(6)29-33(39-25)30(32(21)38-23)31(34(29)41)35(42)43-8/h12-14,16,21,31,38,41H,9-11H2,1-8H3/t16-,21-,31?/m0/s1. The number of Topliss-reactive ketones (excluding diaryl/α,β-unsaturated/α-hetero) is 1. The SMILES string of the molecule is CCC[C@@H]1C2=C3C4=NC(=C(C)C4=C(O)C3C(=O)OC)C=C3N=C(C=C4N=C(C=C(N2)[C@H]1C)C(C)=C4C(C)=O)C(C)=C3CC. The van der Waals surface area contributed by atoms with Gasteiger partial charge < -0.3 is 15.2 Å². The van der Waals surface area contributed by atoms with E-state index in [-0.39, 0.29) is 23.4 Å². The van der Waals surface area contributed by atoms with Gasteiger partial charge in [0.1, 0.15) is 11.7 Å². The van der Waals surface area contributed by atoms with Crippen molar-refractivity contribution in [2.24, 2.45) is 32.7 Å². The maximum atomic E-state index is 13.2. The molecule has 8 nitrogen and oxygen atoms in total. The zero-order valence-electron chi connectivity index (χ0n) is 26.1. The van der Waals surface area contributed by atoms with Gasteiger partial charge in [-0.1, -0.05) is 27.2 Å². The Hall–Kier alpha value is -4.33. The number of aliphatic hydroxyl groups is 1. The first-order valence-corrected chi connectivity index (χ1v) is 15.1. The van der Waals surface area contributed by atoms with Crippen LogP contribution in [0.5, 0.6) is 0 Å². The fourth-order valence-corrected chi connectivity index (χ4v) is 7.25. The summed E-state index contributed by atoms with van der Waals surface area (Å²) in [6.07, 6.45) is 8.48. The average molecular weight is 579 g/mol. The molecular weight excluding hydrogens is 540 g/mol. The van der Waals surface area contributed by atoms with Crippen LogP contribution in [-0.4, -0.2) is 41.1 Å². The predicted molar refractivity (Wildman–Crippen MR) is 169 cm³/mol. The number of carbonyl (C=O) groups excluding carboxylic acids is 2. The molecule has 0 saturated carbocycles. The lowest BCUT2D eigenvalue weighted by molar-refractivity contribution is -0.143. The minimum atomic E-state index is -0.969. The molecule has 0 aromatic carbocycles. The maximum absolute atomic E-state index is 13.2. The second kappa shape index (κ2) is 10.4. The second-order valence-corrected chi connectivity index (χ2v) is 12.0. The van der Waals surface area contributed by atoms with Crippen LogP contribution >= 0.6 is 0 Å². The Morgan fingerprint density at radius 2 is 1.67 bits per heavy atom. The average Bonchev–Trinajstić information content (AvgIpc) is 3.70. The quantitative estimate of drug-likeness (QED) is 0.364. The molecule has 222 valence electrons. The first-order chi connectivity index (χ1) is 20.5. The Morgan fingerprint density at radius 3 is 2.33 bits per heavy atom. The molecule has 0 aromatic heterocycles.